The molecule has 1 amide bonds. The molecule has 1 N–H and O–H groups in total. The van der Waals surface area contributed by atoms with Crippen LogP contribution >= 0.6 is 0 Å². The highest BCUT2D eigenvalue weighted by molar-refractivity contribution is 5.82. The highest BCUT2D eigenvalue weighted by Gasteiger charge is 2.44. The molecule has 0 unspecified atom stereocenters. The monoisotopic (exact) mass is 355 g/mol. The molecule has 2 aromatic rings. The van der Waals surface area contributed by atoms with Crippen LogP contribution < -0.4 is 5.32 Å². The van der Waals surface area contributed by atoms with Gasteiger partial charge in [-0.3, -0.25) is 14.7 Å². The van der Waals surface area contributed by atoms with E-state index >= 15 is 0 Å². The highest BCUT2D eigenvalue weighted by Crippen LogP contribution is 2.47. The maximum Gasteiger partial charge on any atom is 0.223 e. The van der Waals surface area contributed by atoms with Gasteiger partial charge in [-0.1, -0.05) is 6.07 Å². The quantitative estimate of drug-likeness (QED) is 0.861. The lowest BCUT2D eigenvalue weighted by Gasteiger charge is -2.33. The molecule has 2 aliphatic rings. The number of morpholine rings is 1. The molecular weight excluding hydrogens is 330 g/mol. The van der Waals surface area contributed by atoms with E-state index in [1.54, 1.807) is 6.20 Å². The van der Waals surface area contributed by atoms with Crippen molar-refractivity contribution in [2.24, 2.45) is 5.92 Å². The van der Waals surface area contributed by atoms with Crippen molar-refractivity contribution >= 4 is 5.91 Å². The van der Waals surface area contributed by atoms with Crippen LogP contribution in [0.4, 0.5) is 0 Å². The third-order valence-corrected chi connectivity index (χ3v) is 5.29. The van der Waals surface area contributed by atoms with E-state index in [1.807, 2.05) is 37.4 Å². The smallest absolute Gasteiger partial charge is 0.223 e. The average Bonchev–Trinajstić information content (AvgIpc) is 3.38. The van der Waals surface area contributed by atoms with Gasteiger partial charge in [0.2, 0.25) is 5.91 Å². The lowest BCUT2D eigenvalue weighted by molar-refractivity contribution is -0.122. The van der Waals surface area contributed by atoms with Crippen molar-refractivity contribution in [2.45, 2.75) is 25.3 Å². The van der Waals surface area contributed by atoms with Crippen LogP contribution in [-0.2, 0) is 9.53 Å². The van der Waals surface area contributed by atoms with Crippen molar-refractivity contribution in [3.8, 4) is 0 Å². The molecule has 1 aliphatic carbocycles. The van der Waals surface area contributed by atoms with Crippen LogP contribution in [0, 0.1) is 12.8 Å². The van der Waals surface area contributed by atoms with Gasteiger partial charge in [0.05, 0.1) is 19.3 Å². The van der Waals surface area contributed by atoms with Crippen molar-refractivity contribution in [1.82, 2.24) is 15.2 Å². The van der Waals surface area contributed by atoms with Gasteiger partial charge >= 0.3 is 0 Å². The molecule has 6 heteroatoms. The van der Waals surface area contributed by atoms with Crippen LogP contribution in [0.2, 0.25) is 0 Å². The normalized spacial score (nSPS) is 24.2. The number of pyridine rings is 1. The summed E-state index contributed by atoms with van der Waals surface area (Å²) >= 11 is 0. The summed E-state index contributed by atoms with van der Waals surface area (Å²) in [7, 11) is 0. The molecule has 6 nitrogen and oxygen atoms in total. The van der Waals surface area contributed by atoms with E-state index in [4.69, 9.17) is 9.15 Å². The Morgan fingerprint density at radius 2 is 2.19 bits per heavy atom. The van der Waals surface area contributed by atoms with Crippen molar-refractivity contribution in [1.29, 1.82) is 0 Å². The largest absolute Gasteiger partial charge is 0.465 e. The topological polar surface area (TPSA) is 67.6 Å². The minimum atomic E-state index is 0.0483. The first-order valence-electron chi connectivity index (χ1n) is 9.28. The van der Waals surface area contributed by atoms with E-state index in [9.17, 15) is 4.79 Å². The van der Waals surface area contributed by atoms with Crippen molar-refractivity contribution in [3.63, 3.8) is 0 Å². The molecule has 26 heavy (non-hydrogen) atoms. The minimum Gasteiger partial charge on any atom is -0.465 e. The number of hydrogen-bond acceptors (Lipinski definition) is 5. The molecule has 138 valence electrons. The van der Waals surface area contributed by atoms with Crippen LogP contribution in [0.3, 0.4) is 0 Å². The van der Waals surface area contributed by atoms with Gasteiger partial charge < -0.3 is 14.5 Å². The van der Waals surface area contributed by atoms with E-state index < -0.39 is 0 Å². The van der Waals surface area contributed by atoms with Crippen LogP contribution in [0.5, 0.6) is 0 Å². The van der Waals surface area contributed by atoms with Gasteiger partial charge in [-0.15, -0.1) is 0 Å². The van der Waals surface area contributed by atoms with Crippen LogP contribution in [0.25, 0.3) is 0 Å². The van der Waals surface area contributed by atoms with E-state index in [0.29, 0.717) is 12.5 Å². The van der Waals surface area contributed by atoms with Gasteiger partial charge in [0, 0.05) is 37.9 Å². The molecule has 1 aliphatic heterocycles. The molecule has 2 fully saturated rings. The van der Waals surface area contributed by atoms with Gasteiger partial charge in [0.15, 0.2) is 0 Å². The number of carbonyl (C=O) groups excluding carboxylic acids is 1. The lowest BCUT2D eigenvalue weighted by atomic mass is 10.1. The fourth-order valence-electron chi connectivity index (χ4n) is 3.71. The molecular formula is C20H25N3O3. The van der Waals surface area contributed by atoms with E-state index in [2.05, 4.69) is 15.2 Å². The van der Waals surface area contributed by atoms with Crippen LogP contribution in [0.15, 0.2) is 41.1 Å². The zero-order valence-corrected chi connectivity index (χ0v) is 15.1. The van der Waals surface area contributed by atoms with Gasteiger partial charge in [0.25, 0.3) is 0 Å². The zero-order valence-electron chi connectivity index (χ0n) is 15.1. The average molecular weight is 355 g/mol. The molecule has 1 saturated heterocycles. The number of nitrogens with zero attached hydrogens (tertiary/aromatic N) is 2. The van der Waals surface area contributed by atoms with E-state index in [0.717, 1.165) is 49.8 Å². The first-order chi connectivity index (χ1) is 12.7. The summed E-state index contributed by atoms with van der Waals surface area (Å²) in [4.78, 5) is 19.1. The fourth-order valence-corrected chi connectivity index (χ4v) is 3.71. The number of hydrogen-bond donors (Lipinski definition) is 1. The summed E-state index contributed by atoms with van der Waals surface area (Å²) in [5.74, 6) is 2.28. The summed E-state index contributed by atoms with van der Waals surface area (Å²) in [5.41, 5.74) is 1.15. The standard InChI is InChI=1S/C20H25N3O3/c1-14-4-5-19(26-14)18(23-7-9-25-10-8-23)13-22-20(24)17-11-16(17)15-3-2-6-21-12-15/h2-6,12,16-18H,7-11,13H2,1H3,(H,22,24)/t16-,17+,18+/m1/s1. The lowest BCUT2D eigenvalue weighted by Crippen LogP contribution is -2.44. The van der Waals surface area contributed by atoms with Crippen molar-refractivity contribution < 1.29 is 13.9 Å². The molecule has 1 saturated carbocycles. The first kappa shape index (κ1) is 17.2. The molecule has 0 radical (unpaired) electrons. The number of rotatable bonds is 6. The second-order valence-electron chi connectivity index (χ2n) is 7.09. The number of nitrogens with one attached hydrogen (secondary N) is 1. The van der Waals surface area contributed by atoms with Gasteiger partial charge in [0.1, 0.15) is 11.5 Å². The van der Waals surface area contributed by atoms with Gasteiger partial charge in [-0.2, -0.15) is 0 Å². The fraction of sp³-hybridized carbons (Fsp3) is 0.500. The first-order valence-corrected chi connectivity index (χ1v) is 9.28. The number of aryl methyl sites for hydroxylation is 1. The number of amides is 1. The van der Waals surface area contributed by atoms with Crippen molar-refractivity contribution in [2.75, 3.05) is 32.8 Å². The Kier molecular flexibility index (Phi) is 5.04. The number of carbonyl (C=O) groups is 1. The Hall–Kier alpha value is -2.18. The Morgan fingerprint density at radius 1 is 1.35 bits per heavy atom. The maximum atomic E-state index is 12.6. The Balaban J connectivity index is 1.38. The highest BCUT2D eigenvalue weighted by atomic mass is 16.5. The molecule has 0 aromatic carbocycles. The summed E-state index contributed by atoms with van der Waals surface area (Å²) in [6, 6.07) is 8.01. The second-order valence-corrected chi connectivity index (χ2v) is 7.09. The number of furan rings is 1. The Labute approximate surface area is 153 Å². The zero-order chi connectivity index (χ0) is 17.9. The van der Waals surface area contributed by atoms with Gasteiger partial charge in [-0.05, 0) is 43.0 Å². The molecule has 4 rings (SSSR count). The van der Waals surface area contributed by atoms with E-state index in [-0.39, 0.29) is 17.9 Å². The number of ether oxygens (including phenoxy) is 1. The van der Waals surface area contributed by atoms with Gasteiger partial charge in [-0.25, -0.2) is 0 Å². The summed E-state index contributed by atoms with van der Waals surface area (Å²) in [6.07, 6.45) is 4.53. The summed E-state index contributed by atoms with van der Waals surface area (Å²) in [6.45, 7) is 5.64. The molecule has 0 bridgehead atoms. The number of aromatic nitrogens is 1. The molecule has 3 heterocycles. The van der Waals surface area contributed by atoms with E-state index in [1.165, 1.54) is 0 Å². The predicted octanol–water partition coefficient (Wildman–Crippen LogP) is 2.28. The Morgan fingerprint density at radius 3 is 2.88 bits per heavy atom. The SMILES string of the molecule is Cc1ccc([C@H](CNC(=O)[C@H]2C[C@@H]2c2cccnc2)N2CCOCC2)o1. The predicted molar refractivity (Wildman–Crippen MR) is 96.7 cm³/mol. The third-order valence-electron chi connectivity index (χ3n) is 5.29. The maximum absolute atomic E-state index is 12.6. The molecule has 3 atom stereocenters. The summed E-state index contributed by atoms with van der Waals surface area (Å²) in [5, 5.41) is 3.15. The summed E-state index contributed by atoms with van der Waals surface area (Å²) < 4.78 is 11.3. The second kappa shape index (κ2) is 7.60. The third kappa shape index (κ3) is 3.81. The van der Waals surface area contributed by atoms with Crippen molar-refractivity contribution in [3.05, 3.63) is 53.7 Å². The molecule has 2 aromatic heterocycles. The Bertz CT molecular complexity index is 740. The van der Waals surface area contributed by atoms with Crippen LogP contribution in [0.1, 0.15) is 35.5 Å². The molecule has 0 spiro atoms. The minimum absolute atomic E-state index is 0.0483. The van der Waals surface area contributed by atoms with Crippen LogP contribution in [-0.4, -0.2) is 48.6 Å².